The Morgan fingerprint density at radius 3 is 2.46 bits per heavy atom. The van der Waals surface area contributed by atoms with E-state index in [-0.39, 0.29) is 18.9 Å². The number of hydrogen-bond acceptors (Lipinski definition) is 3. The van der Waals surface area contributed by atoms with Crippen molar-refractivity contribution in [3.05, 3.63) is 48.3 Å². The van der Waals surface area contributed by atoms with E-state index in [2.05, 4.69) is 10.4 Å². The van der Waals surface area contributed by atoms with Gasteiger partial charge in [0.05, 0.1) is 23.7 Å². The summed E-state index contributed by atoms with van der Waals surface area (Å²) < 4.78 is 1.71. The molecule has 2 N–H and O–H groups in total. The minimum atomic E-state index is -0.899. The summed E-state index contributed by atoms with van der Waals surface area (Å²) in [6, 6.07) is 9.63. The lowest BCUT2D eigenvalue weighted by atomic mass is 9.82. The SMILES string of the molecule is CCC(CC)(CNC(=O)Cc1cnn(-c2ccccc2)c1)C(=O)O. The van der Waals surface area contributed by atoms with Crippen LogP contribution in [0.1, 0.15) is 32.3 Å². The van der Waals surface area contributed by atoms with E-state index in [1.807, 2.05) is 44.2 Å². The first kappa shape index (κ1) is 17.7. The highest BCUT2D eigenvalue weighted by Crippen LogP contribution is 2.25. The third kappa shape index (κ3) is 4.01. The van der Waals surface area contributed by atoms with Gasteiger partial charge in [-0.1, -0.05) is 32.0 Å². The topological polar surface area (TPSA) is 84.2 Å². The van der Waals surface area contributed by atoms with Gasteiger partial charge >= 0.3 is 5.97 Å². The van der Waals surface area contributed by atoms with Gasteiger partial charge in [-0.05, 0) is 30.5 Å². The van der Waals surface area contributed by atoms with E-state index in [1.165, 1.54) is 0 Å². The standard InChI is InChI=1S/C18H23N3O3/c1-3-18(4-2,17(23)24)13-19-16(22)10-14-11-20-21(12-14)15-8-6-5-7-9-15/h5-9,11-12H,3-4,10,13H2,1-2H3,(H,19,22)(H,23,24). The predicted molar refractivity (Wildman–Crippen MR) is 90.9 cm³/mol. The fraction of sp³-hybridized carbons (Fsp3) is 0.389. The Bertz CT molecular complexity index is 691. The zero-order valence-electron chi connectivity index (χ0n) is 14.0. The van der Waals surface area contributed by atoms with Crippen LogP contribution in [-0.2, 0) is 16.0 Å². The smallest absolute Gasteiger partial charge is 0.311 e. The molecule has 1 aromatic heterocycles. The molecule has 0 aliphatic heterocycles. The maximum Gasteiger partial charge on any atom is 0.311 e. The van der Waals surface area contributed by atoms with Crippen molar-refractivity contribution in [1.29, 1.82) is 0 Å². The van der Waals surface area contributed by atoms with Gasteiger partial charge in [0.2, 0.25) is 5.91 Å². The number of benzene rings is 1. The number of aliphatic carboxylic acids is 1. The van der Waals surface area contributed by atoms with Crippen LogP contribution in [0.2, 0.25) is 0 Å². The van der Waals surface area contributed by atoms with Gasteiger partial charge in [0.15, 0.2) is 0 Å². The molecule has 0 spiro atoms. The molecule has 2 rings (SSSR count). The normalized spacial score (nSPS) is 11.2. The number of carboxylic acids is 1. The van der Waals surface area contributed by atoms with E-state index in [9.17, 15) is 14.7 Å². The average Bonchev–Trinajstić information content (AvgIpc) is 3.05. The van der Waals surface area contributed by atoms with Crippen molar-refractivity contribution in [2.24, 2.45) is 5.41 Å². The number of carboxylic acid groups (broad SMARTS) is 1. The second kappa shape index (κ2) is 7.77. The van der Waals surface area contributed by atoms with E-state index >= 15 is 0 Å². The van der Waals surface area contributed by atoms with Crippen molar-refractivity contribution in [2.45, 2.75) is 33.1 Å². The first-order chi connectivity index (χ1) is 11.5. The molecule has 0 aliphatic carbocycles. The Balaban J connectivity index is 1.96. The van der Waals surface area contributed by atoms with Crippen LogP contribution in [0, 0.1) is 5.41 Å². The summed E-state index contributed by atoms with van der Waals surface area (Å²) >= 11 is 0. The highest BCUT2D eigenvalue weighted by atomic mass is 16.4. The van der Waals surface area contributed by atoms with Gasteiger partial charge < -0.3 is 10.4 Å². The van der Waals surface area contributed by atoms with Crippen LogP contribution < -0.4 is 5.32 Å². The fourth-order valence-electron chi connectivity index (χ4n) is 2.57. The molecule has 0 bridgehead atoms. The Morgan fingerprint density at radius 2 is 1.88 bits per heavy atom. The highest BCUT2D eigenvalue weighted by Gasteiger charge is 2.35. The van der Waals surface area contributed by atoms with Gasteiger partial charge in [-0.15, -0.1) is 0 Å². The van der Waals surface area contributed by atoms with E-state index in [4.69, 9.17) is 0 Å². The van der Waals surface area contributed by atoms with Crippen LogP contribution in [0.5, 0.6) is 0 Å². The summed E-state index contributed by atoms with van der Waals surface area (Å²) in [5, 5.41) is 16.4. The molecule has 6 heteroatoms. The van der Waals surface area contributed by atoms with Gasteiger partial charge in [0.25, 0.3) is 0 Å². The summed E-state index contributed by atoms with van der Waals surface area (Å²) in [6.07, 6.45) is 4.59. The van der Waals surface area contributed by atoms with Crippen molar-refractivity contribution < 1.29 is 14.7 Å². The van der Waals surface area contributed by atoms with Gasteiger partial charge in [-0.3, -0.25) is 9.59 Å². The molecule has 0 atom stereocenters. The minimum Gasteiger partial charge on any atom is -0.481 e. The van der Waals surface area contributed by atoms with Gasteiger partial charge in [-0.2, -0.15) is 5.10 Å². The number of amides is 1. The molecule has 0 radical (unpaired) electrons. The van der Waals surface area contributed by atoms with Crippen molar-refractivity contribution in [2.75, 3.05) is 6.54 Å². The number of nitrogens with zero attached hydrogens (tertiary/aromatic N) is 2. The molecule has 0 saturated heterocycles. The van der Waals surface area contributed by atoms with Crippen LogP contribution in [0.3, 0.4) is 0 Å². The van der Waals surface area contributed by atoms with E-state index in [0.29, 0.717) is 12.8 Å². The molecule has 128 valence electrons. The highest BCUT2D eigenvalue weighted by molar-refractivity contribution is 5.80. The lowest BCUT2D eigenvalue weighted by molar-refractivity contribution is -0.149. The van der Waals surface area contributed by atoms with Crippen LogP contribution in [0.25, 0.3) is 5.69 Å². The molecule has 1 aromatic carbocycles. The molecule has 24 heavy (non-hydrogen) atoms. The third-order valence-corrected chi connectivity index (χ3v) is 4.45. The second-order valence-electron chi connectivity index (χ2n) is 5.87. The minimum absolute atomic E-state index is 0.140. The number of carbonyl (C=O) groups excluding carboxylic acids is 1. The maximum atomic E-state index is 12.1. The third-order valence-electron chi connectivity index (χ3n) is 4.45. The zero-order valence-corrected chi connectivity index (χ0v) is 14.0. The quantitative estimate of drug-likeness (QED) is 0.779. The maximum absolute atomic E-state index is 12.1. The second-order valence-corrected chi connectivity index (χ2v) is 5.87. The predicted octanol–water partition coefficient (Wildman–Crippen LogP) is 2.42. The van der Waals surface area contributed by atoms with Crippen molar-refractivity contribution >= 4 is 11.9 Å². The Morgan fingerprint density at radius 1 is 1.21 bits per heavy atom. The molecule has 0 saturated carbocycles. The number of aromatic nitrogens is 2. The Hall–Kier alpha value is -2.63. The molecule has 1 amide bonds. The number of nitrogens with one attached hydrogen (secondary N) is 1. The molecule has 0 fully saturated rings. The average molecular weight is 329 g/mol. The molecular weight excluding hydrogens is 306 g/mol. The Kier molecular flexibility index (Phi) is 5.73. The van der Waals surface area contributed by atoms with E-state index in [0.717, 1.165) is 11.3 Å². The summed E-state index contributed by atoms with van der Waals surface area (Å²) in [6.45, 7) is 3.79. The number of rotatable bonds is 8. The number of carbonyl (C=O) groups is 2. The molecule has 6 nitrogen and oxygen atoms in total. The fourth-order valence-corrected chi connectivity index (χ4v) is 2.57. The molecular formula is C18H23N3O3. The molecule has 0 unspecified atom stereocenters. The Labute approximate surface area is 141 Å². The van der Waals surface area contributed by atoms with Crippen LogP contribution in [-0.4, -0.2) is 33.3 Å². The first-order valence-electron chi connectivity index (χ1n) is 8.10. The summed E-state index contributed by atoms with van der Waals surface area (Å²) in [4.78, 5) is 23.6. The lowest BCUT2D eigenvalue weighted by Crippen LogP contribution is -2.42. The van der Waals surface area contributed by atoms with Crippen LogP contribution in [0.15, 0.2) is 42.7 Å². The van der Waals surface area contributed by atoms with Gasteiger partial charge in [0, 0.05) is 12.7 Å². The summed E-state index contributed by atoms with van der Waals surface area (Å²) in [5.41, 5.74) is 0.806. The molecule has 0 aliphatic rings. The van der Waals surface area contributed by atoms with Crippen molar-refractivity contribution in [1.82, 2.24) is 15.1 Å². The summed E-state index contributed by atoms with van der Waals surface area (Å²) in [5.74, 6) is -1.07. The van der Waals surface area contributed by atoms with Crippen LogP contribution >= 0.6 is 0 Å². The van der Waals surface area contributed by atoms with Crippen molar-refractivity contribution in [3.8, 4) is 5.69 Å². The van der Waals surface area contributed by atoms with E-state index in [1.54, 1.807) is 17.1 Å². The molecule has 1 heterocycles. The number of para-hydroxylation sites is 1. The number of hydrogen-bond donors (Lipinski definition) is 2. The van der Waals surface area contributed by atoms with Gasteiger partial charge in [-0.25, -0.2) is 4.68 Å². The van der Waals surface area contributed by atoms with Crippen molar-refractivity contribution in [3.63, 3.8) is 0 Å². The first-order valence-corrected chi connectivity index (χ1v) is 8.10. The monoisotopic (exact) mass is 329 g/mol. The largest absolute Gasteiger partial charge is 0.481 e. The lowest BCUT2D eigenvalue weighted by Gasteiger charge is -2.26. The summed E-state index contributed by atoms with van der Waals surface area (Å²) in [7, 11) is 0. The zero-order chi connectivity index (χ0) is 17.6. The van der Waals surface area contributed by atoms with Crippen LogP contribution in [0.4, 0.5) is 0 Å². The van der Waals surface area contributed by atoms with E-state index < -0.39 is 11.4 Å². The molecule has 2 aromatic rings. The van der Waals surface area contributed by atoms with Gasteiger partial charge in [0.1, 0.15) is 0 Å².